The molecule has 0 aliphatic heterocycles. The molecule has 0 spiro atoms. The quantitative estimate of drug-likeness (QED) is 0.520. The zero-order chi connectivity index (χ0) is 10.8. The predicted molar refractivity (Wildman–Crippen MR) is 38.0 cm³/mol. The number of rotatable bonds is 2. The van der Waals surface area contributed by atoms with Gasteiger partial charge in [0, 0.05) is 24.8 Å². The van der Waals surface area contributed by atoms with Crippen molar-refractivity contribution in [3.8, 4) is 0 Å². The number of alkyl halides is 3. The molecule has 1 rings (SSSR count). The van der Waals surface area contributed by atoms with Crippen molar-refractivity contribution >= 4 is 5.97 Å². The van der Waals surface area contributed by atoms with Crippen LogP contribution in [0, 0.1) is 0 Å². The van der Waals surface area contributed by atoms with Crippen molar-refractivity contribution in [1.29, 1.82) is 0 Å². The van der Waals surface area contributed by atoms with Crippen molar-refractivity contribution in [2.45, 2.75) is 12.6 Å². The Bertz CT molecular complexity index is 354. The van der Waals surface area contributed by atoms with Crippen LogP contribution in [0.4, 0.5) is 13.2 Å². The average molecular weight is 227 g/mol. The van der Waals surface area contributed by atoms with Crippen molar-refractivity contribution < 1.29 is 52.6 Å². The van der Waals surface area contributed by atoms with E-state index in [4.69, 9.17) is 0 Å². The van der Waals surface area contributed by atoms with Gasteiger partial charge >= 0.3 is 35.7 Å². The third kappa shape index (κ3) is 4.19. The van der Waals surface area contributed by atoms with Gasteiger partial charge in [-0.15, -0.1) is 0 Å². The van der Waals surface area contributed by atoms with E-state index in [-0.39, 0.29) is 35.1 Å². The minimum atomic E-state index is -4.58. The maximum absolute atomic E-state index is 12.2. The van der Waals surface area contributed by atoms with E-state index < -0.39 is 24.1 Å². The summed E-state index contributed by atoms with van der Waals surface area (Å²) >= 11 is 0. The summed E-state index contributed by atoms with van der Waals surface area (Å²) in [6.07, 6.45) is -3.65. The first kappa shape index (κ1) is 14.4. The second-order valence-corrected chi connectivity index (χ2v) is 2.58. The number of pyridine rings is 1. The van der Waals surface area contributed by atoms with Crippen molar-refractivity contribution in [1.82, 2.24) is 4.98 Å². The molecule has 1 aromatic heterocycles. The van der Waals surface area contributed by atoms with Gasteiger partial charge in [0.25, 0.3) is 0 Å². The summed E-state index contributed by atoms with van der Waals surface area (Å²) in [7, 11) is 0. The Labute approximate surface area is 106 Å². The average Bonchev–Trinajstić information content (AvgIpc) is 2.01. The third-order valence-electron chi connectivity index (χ3n) is 1.55. The number of carbonyl (C=O) groups is 1. The van der Waals surface area contributed by atoms with Gasteiger partial charge < -0.3 is 9.90 Å². The molecular weight excluding hydrogens is 222 g/mol. The van der Waals surface area contributed by atoms with Crippen LogP contribution in [0.1, 0.15) is 11.1 Å². The molecule has 3 nitrogen and oxygen atoms in total. The Balaban J connectivity index is 0.00000196. The SMILES string of the molecule is O=C([O-])Cc1ccncc1C(F)(F)F.[Na+]. The number of aromatic nitrogens is 1. The number of nitrogens with zero attached hydrogens (tertiary/aromatic N) is 1. The molecule has 0 fully saturated rings. The predicted octanol–water partition coefficient (Wildman–Crippen LogP) is -2.60. The molecule has 0 unspecified atom stereocenters. The second-order valence-electron chi connectivity index (χ2n) is 2.58. The first-order chi connectivity index (χ1) is 6.41. The molecule has 7 heteroatoms. The standard InChI is InChI=1S/C8H6F3NO2.Na/c9-8(10,11)6-4-12-2-1-5(6)3-7(13)14;/h1-2,4H,3H2,(H,13,14);/q;+1/p-1. The molecule has 0 N–H and O–H groups in total. The molecule has 15 heavy (non-hydrogen) atoms. The molecule has 1 heterocycles. The maximum Gasteiger partial charge on any atom is 1.00 e. The van der Waals surface area contributed by atoms with Gasteiger partial charge in [0.15, 0.2) is 0 Å². The second kappa shape index (κ2) is 5.48. The molecule has 0 bridgehead atoms. The fraction of sp³-hybridized carbons (Fsp3) is 0.250. The zero-order valence-electron chi connectivity index (χ0n) is 7.84. The van der Waals surface area contributed by atoms with Gasteiger partial charge in [-0.1, -0.05) is 0 Å². The largest absolute Gasteiger partial charge is 1.00 e. The topological polar surface area (TPSA) is 53.0 Å². The summed E-state index contributed by atoms with van der Waals surface area (Å²) in [6.45, 7) is 0. The first-order valence-corrected chi connectivity index (χ1v) is 3.61. The van der Waals surface area contributed by atoms with Gasteiger partial charge in [-0.2, -0.15) is 13.2 Å². The molecule has 0 radical (unpaired) electrons. The Hall–Kier alpha value is -0.590. The van der Waals surface area contributed by atoms with Crippen LogP contribution in [0.3, 0.4) is 0 Å². The van der Waals surface area contributed by atoms with Crippen LogP contribution in [0.2, 0.25) is 0 Å². The summed E-state index contributed by atoms with van der Waals surface area (Å²) in [4.78, 5) is 13.4. The van der Waals surface area contributed by atoms with Gasteiger partial charge in [-0.3, -0.25) is 4.98 Å². The van der Waals surface area contributed by atoms with E-state index in [1.807, 2.05) is 0 Å². The number of carbonyl (C=O) groups excluding carboxylic acids is 1. The number of carboxylic acid groups (broad SMARTS) is 1. The third-order valence-corrected chi connectivity index (χ3v) is 1.55. The van der Waals surface area contributed by atoms with E-state index in [0.717, 1.165) is 12.3 Å². The van der Waals surface area contributed by atoms with Gasteiger partial charge in [0.1, 0.15) is 0 Å². The van der Waals surface area contributed by atoms with E-state index >= 15 is 0 Å². The van der Waals surface area contributed by atoms with Crippen LogP contribution in [-0.2, 0) is 17.4 Å². The summed E-state index contributed by atoms with van der Waals surface area (Å²) < 4.78 is 36.7. The van der Waals surface area contributed by atoms with Crippen LogP contribution in [0.25, 0.3) is 0 Å². The van der Waals surface area contributed by atoms with E-state index in [0.29, 0.717) is 6.20 Å². The molecule has 1 aromatic rings. The maximum atomic E-state index is 12.2. The Morgan fingerprint density at radius 3 is 2.53 bits per heavy atom. The minimum absolute atomic E-state index is 0. The van der Waals surface area contributed by atoms with Crippen LogP contribution >= 0.6 is 0 Å². The molecule has 0 aromatic carbocycles. The number of halogens is 3. The molecule has 0 atom stereocenters. The van der Waals surface area contributed by atoms with Gasteiger partial charge in [-0.25, -0.2) is 0 Å². The van der Waals surface area contributed by atoms with E-state index in [1.54, 1.807) is 0 Å². The number of carboxylic acids is 1. The molecule has 0 aliphatic carbocycles. The smallest absolute Gasteiger partial charge is 0.550 e. The summed E-state index contributed by atoms with van der Waals surface area (Å²) in [5, 5.41) is 10.1. The number of hydrogen-bond acceptors (Lipinski definition) is 3. The van der Waals surface area contributed by atoms with Crippen LogP contribution < -0.4 is 34.7 Å². The molecule has 76 valence electrons. The van der Waals surface area contributed by atoms with Gasteiger partial charge in [-0.05, 0) is 11.6 Å². The Morgan fingerprint density at radius 2 is 2.07 bits per heavy atom. The van der Waals surface area contributed by atoms with E-state index in [1.165, 1.54) is 0 Å². The molecular formula is C8H5F3NNaO2. The summed E-state index contributed by atoms with van der Waals surface area (Å²) in [6, 6.07) is 1.01. The van der Waals surface area contributed by atoms with Gasteiger partial charge in [0.05, 0.1) is 5.56 Å². The Kier molecular flexibility index (Phi) is 5.27. The first-order valence-electron chi connectivity index (χ1n) is 3.61. The fourth-order valence-electron chi connectivity index (χ4n) is 0.988. The number of aliphatic carboxylic acids is 1. The molecule has 0 saturated heterocycles. The minimum Gasteiger partial charge on any atom is -0.550 e. The fourth-order valence-corrected chi connectivity index (χ4v) is 0.988. The summed E-state index contributed by atoms with van der Waals surface area (Å²) in [5.74, 6) is -1.55. The van der Waals surface area contributed by atoms with Crippen molar-refractivity contribution in [2.75, 3.05) is 0 Å². The Morgan fingerprint density at radius 1 is 1.47 bits per heavy atom. The molecule has 0 saturated carbocycles. The van der Waals surface area contributed by atoms with Crippen molar-refractivity contribution in [3.05, 3.63) is 29.6 Å². The van der Waals surface area contributed by atoms with Crippen molar-refractivity contribution in [3.63, 3.8) is 0 Å². The monoisotopic (exact) mass is 227 g/mol. The number of hydrogen-bond donors (Lipinski definition) is 0. The zero-order valence-corrected chi connectivity index (χ0v) is 9.84. The summed E-state index contributed by atoms with van der Waals surface area (Å²) in [5.41, 5.74) is -1.38. The van der Waals surface area contributed by atoms with Crippen LogP contribution in [-0.4, -0.2) is 11.0 Å². The van der Waals surface area contributed by atoms with E-state index in [9.17, 15) is 23.1 Å². The van der Waals surface area contributed by atoms with Crippen LogP contribution in [0.15, 0.2) is 18.5 Å². The normalized spacial score (nSPS) is 10.6. The van der Waals surface area contributed by atoms with Gasteiger partial charge in [0.2, 0.25) is 0 Å². The van der Waals surface area contributed by atoms with E-state index in [2.05, 4.69) is 4.98 Å². The van der Waals surface area contributed by atoms with Crippen molar-refractivity contribution in [2.24, 2.45) is 0 Å². The van der Waals surface area contributed by atoms with Crippen LogP contribution in [0.5, 0.6) is 0 Å². The molecule has 0 amide bonds. The molecule has 0 aliphatic rings.